The fourth-order valence-electron chi connectivity index (χ4n) is 5.73. The first-order valence-electron chi connectivity index (χ1n) is 14.0. The lowest BCUT2D eigenvalue weighted by Gasteiger charge is -2.38. The van der Waals surface area contributed by atoms with Crippen LogP contribution in [-0.2, 0) is 14.3 Å². The van der Waals surface area contributed by atoms with Gasteiger partial charge in [0.05, 0.1) is 18.7 Å². The standard InChI is InChI=1S/C31H28F2N6O5S/c1-44-30(42)26-24(35-28(29-34-10-13-45-29)36-27(26)19-5-8-22(32)23(33)14-19)17-37-11-12-38-21(15-37)16-39(31(38)43)20-6-2-18(3-7-20)4-9-25(40)41/h2-10,13-14,21,27H,11-12,15-17H2,1H3,(H,35,36)(H,40,41)/b9-4+/t21-,27?/m0/s1. The number of carbonyl (C=O) groups excluding carboxylic acids is 2. The molecule has 6 rings (SSSR count). The second-order valence-corrected chi connectivity index (χ2v) is 11.5. The van der Waals surface area contributed by atoms with Gasteiger partial charge in [0.1, 0.15) is 6.04 Å². The van der Waals surface area contributed by atoms with Gasteiger partial charge in [-0.05, 0) is 41.5 Å². The van der Waals surface area contributed by atoms with Crippen molar-refractivity contribution in [2.24, 2.45) is 4.99 Å². The average Bonchev–Trinajstić information content (AvgIpc) is 3.69. The molecule has 2 atom stereocenters. The second-order valence-electron chi connectivity index (χ2n) is 10.6. The molecule has 3 aliphatic heterocycles. The molecule has 45 heavy (non-hydrogen) atoms. The topological polar surface area (TPSA) is 128 Å². The van der Waals surface area contributed by atoms with Crippen LogP contribution in [0.5, 0.6) is 0 Å². The molecule has 11 nitrogen and oxygen atoms in total. The Morgan fingerprint density at radius 3 is 2.62 bits per heavy atom. The minimum absolute atomic E-state index is 0.115. The quantitative estimate of drug-likeness (QED) is 0.284. The third kappa shape index (κ3) is 6.19. The molecule has 1 unspecified atom stereocenters. The van der Waals surface area contributed by atoms with Crippen molar-refractivity contribution in [1.82, 2.24) is 20.1 Å². The van der Waals surface area contributed by atoms with Crippen LogP contribution in [0.1, 0.15) is 22.2 Å². The lowest BCUT2D eigenvalue weighted by atomic mass is 9.95. The number of benzene rings is 2. The van der Waals surface area contributed by atoms with Crippen molar-refractivity contribution < 1.29 is 33.0 Å². The fraction of sp³-hybridized carbons (Fsp3) is 0.258. The number of anilines is 1. The molecule has 4 heterocycles. The van der Waals surface area contributed by atoms with Gasteiger partial charge >= 0.3 is 18.0 Å². The van der Waals surface area contributed by atoms with E-state index in [0.29, 0.717) is 54.0 Å². The molecule has 1 aromatic heterocycles. The Kier molecular flexibility index (Phi) is 8.41. The number of fused-ring (bicyclic) bond motifs is 1. The molecule has 0 saturated carbocycles. The highest BCUT2D eigenvalue weighted by Gasteiger charge is 2.42. The molecule has 2 fully saturated rings. The van der Waals surface area contributed by atoms with Crippen LogP contribution in [0.4, 0.5) is 19.3 Å². The number of urea groups is 1. The number of nitrogens with one attached hydrogen (secondary N) is 1. The van der Waals surface area contributed by atoms with E-state index >= 15 is 0 Å². The molecular weight excluding hydrogens is 606 g/mol. The van der Waals surface area contributed by atoms with Crippen LogP contribution in [0.15, 0.2) is 76.4 Å². The first kappa shape index (κ1) is 30.1. The van der Waals surface area contributed by atoms with Crippen LogP contribution < -0.4 is 10.2 Å². The molecule has 2 N–H and O–H groups in total. The number of amidine groups is 1. The maximum atomic E-state index is 14.3. The minimum atomic E-state index is -1.05. The van der Waals surface area contributed by atoms with E-state index in [1.165, 1.54) is 30.6 Å². The molecule has 3 aromatic rings. The first-order chi connectivity index (χ1) is 21.7. The van der Waals surface area contributed by atoms with E-state index in [1.54, 1.807) is 40.7 Å². The lowest BCUT2D eigenvalue weighted by Crippen LogP contribution is -2.53. The predicted molar refractivity (Wildman–Crippen MR) is 163 cm³/mol. The van der Waals surface area contributed by atoms with Gasteiger partial charge in [0.15, 0.2) is 22.5 Å². The summed E-state index contributed by atoms with van der Waals surface area (Å²) in [5.41, 5.74) is 2.36. The Morgan fingerprint density at radius 1 is 1.13 bits per heavy atom. The SMILES string of the molecule is COC(=O)C1=C(CN2CCN3C(=O)N(c4ccc(/C=C/C(=O)O)cc4)C[C@@H]3C2)NC(c2nccs2)=NC1c1ccc(F)c(F)c1. The van der Waals surface area contributed by atoms with Gasteiger partial charge in [-0.15, -0.1) is 11.3 Å². The first-order valence-corrected chi connectivity index (χ1v) is 14.9. The number of esters is 1. The van der Waals surface area contributed by atoms with Crippen LogP contribution in [0.3, 0.4) is 0 Å². The largest absolute Gasteiger partial charge is 0.478 e. The number of methoxy groups -OCH3 is 1. The van der Waals surface area contributed by atoms with Gasteiger partial charge in [0.25, 0.3) is 0 Å². The number of thiazole rings is 1. The van der Waals surface area contributed by atoms with E-state index in [1.807, 2.05) is 4.90 Å². The van der Waals surface area contributed by atoms with Crippen molar-refractivity contribution >= 4 is 46.9 Å². The highest BCUT2D eigenvalue weighted by Crippen LogP contribution is 2.34. The molecule has 0 radical (unpaired) electrons. The van der Waals surface area contributed by atoms with E-state index in [9.17, 15) is 23.2 Å². The lowest BCUT2D eigenvalue weighted by molar-refractivity contribution is -0.136. The number of hydrogen-bond acceptors (Lipinski definition) is 9. The third-order valence-electron chi connectivity index (χ3n) is 7.87. The number of carbonyl (C=O) groups is 3. The molecule has 14 heteroatoms. The summed E-state index contributed by atoms with van der Waals surface area (Å²) in [5, 5.41) is 14.5. The second kappa shape index (κ2) is 12.6. The third-order valence-corrected chi connectivity index (χ3v) is 8.65. The summed E-state index contributed by atoms with van der Waals surface area (Å²) in [6.07, 6.45) is 4.16. The van der Waals surface area contributed by atoms with E-state index in [-0.39, 0.29) is 29.8 Å². The molecule has 2 saturated heterocycles. The van der Waals surface area contributed by atoms with Gasteiger partial charge in [-0.25, -0.2) is 28.1 Å². The number of amides is 2. The number of aliphatic imine (C=N–C) groups is 1. The number of piperazine rings is 1. The zero-order valence-corrected chi connectivity index (χ0v) is 24.8. The molecule has 2 amide bonds. The normalized spacial score (nSPS) is 20.3. The zero-order chi connectivity index (χ0) is 31.7. The molecule has 232 valence electrons. The summed E-state index contributed by atoms with van der Waals surface area (Å²) in [7, 11) is 1.25. The number of halogens is 2. The van der Waals surface area contributed by atoms with Crippen LogP contribution in [0.2, 0.25) is 0 Å². The van der Waals surface area contributed by atoms with Crippen molar-refractivity contribution in [3.8, 4) is 0 Å². The number of nitrogens with zero attached hydrogens (tertiary/aromatic N) is 5. The van der Waals surface area contributed by atoms with Crippen molar-refractivity contribution in [1.29, 1.82) is 0 Å². The summed E-state index contributed by atoms with van der Waals surface area (Å²) in [4.78, 5) is 52.0. The summed E-state index contributed by atoms with van der Waals surface area (Å²) in [6.45, 7) is 2.22. The number of rotatable bonds is 8. The summed E-state index contributed by atoms with van der Waals surface area (Å²) >= 11 is 1.34. The van der Waals surface area contributed by atoms with Gasteiger partial charge in [-0.2, -0.15) is 0 Å². The highest BCUT2D eigenvalue weighted by molar-refractivity contribution is 7.11. The minimum Gasteiger partial charge on any atom is -0.478 e. The molecule has 3 aliphatic rings. The smallest absolute Gasteiger partial charge is 0.338 e. The molecule has 0 bridgehead atoms. The van der Waals surface area contributed by atoms with E-state index in [2.05, 4.69) is 20.2 Å². The van der Waals surface area contributed by atoms with Crippen molar-refractivity contribution in [3.05, 3.63) is 99.2 Å². The number of carboxylic acids is 1. The van der Waals surface area contributed by atoms with E-state index < -0.39 is 29.6 Å². The van der Waals surface area contributed by atoms with Crippen molar-refractivity contribution in [2.45, 2.75) is 12.1 Å². The number of ether oxygens (including phenoxy) is 1. The number of carboxylic acid groups (broad SMARTS) is 1. The highest BCUT2D eigenvalue weighted by atomic mass is 32.1. The fourth-order valence-corrected chi connectivity index (χ4v) is 6.32. The van der Waals surface area contributed by atoms with Gasteiger partial charge in [0, 0.05) is 61.8 Å². The van der Waals surface area contributed by atoms with Crippen LogP contribution in [0, 0.1) is 11.6 Å². The Labute approximate surface area is 260 Å². The summed E-state index contributed by atoms with van der Waals surface area (Å²) in [5.74, 6) is -3.37. The number of aliphatic carboxylic acids is 1. The maximum absolute atomic E-state index is 14.3. The average molecular weight is 635 g/mol. The van der Waals surface area contributed by atoms with Gasteiger partial charge in [0.2, 0.25) is 0 Å². The van der Waals surface area contributed by atoms with Crippen LogP contribution in [0.25, 0.3) is 6.08 Å². The Balaban J connectivity index is 1.25. The number of hydrogen-bond donors (Lipinski definition) is 2. The summed E-state index contributed by atoms with van der Waals surface area (Å²) < 4.78 is 33.3. The van der Waals surface area contributed by atoms with Gasteiger partial charge in [-0.1, -0.05) is 18.2 Å². The van der Waals surface area contributed by atoms with Crippen LogP contribution in [-0.4, -0.2) is 89.6 Å². The van der Waals surface area contributed by atoms with E-state index in [0.717, 1.165) is 18.2 Å². The maximum Gasteiger partial charge on any atom is 0.338 e. The molecule has 2 aromatic carbocycles. The number of aromatic nitrogens is 1. The Morgan fingerprint density at radius 2 is 1.93 bits per heavy atom. The van der Waals surface area contributed by atoms with Crippen molar-refractivity contribution in [2.75, 3.05) is 44.7 Å². The van der Waals surface area contributed by atoms with Crippen molar-refractivity contribution in [3.63, 3.8) is 0 Å². The molecule has 0 aliphatic carbocycles. The molecular formula is C31H28F2N6O5S. The molecule has 0 spiro atoms. The Hall–Kier alpha value is -4.95. The summed E-state index contributed by atoms with van der Waals surface area (Å²) in [6, 6.07) is 9.29. The Bertz CT molecular complexity index is 1730. The van der Waals surface area contributed by atoms with Gasteiger partial charge in [-0.3, -0.25) is 14.8 Å². The monoisotopic (exact) mass is 634 g/mol. The van der Waals surface area contributed by atoms with E-state index in [4.69, 9.17) is 9.84 Å². The predicted octanol–water partition coefficient (Wildman–Crippen LogP) is 3.66. The zero-order valence-electron chi connectivity index (χ0n) is 24.0. The van der Waals surface area contributed by atoms with Crippen LogP contribution >= 0.6 is 11.3 Å². The van der Waals surface area contributed by atoms with Gasteiger partial charge < -0.3 is 20.1 Å².